The summed E-state index contributed by atoms with van der Waals surface area (Å²) in [5, 5.41) is 3.17. The van der Waals surface area contributed by atoms with E-state index in [0.717, 1.165) is 11.3 Å². The smallest absolute Gasteiger partial charge is 0.337 e. The van der Waals surface area contributed by atoms with Crippen LogP contribution in [0.5, 0.6) is 0 Å². The Kier molecular flexibility index (Phi) is 4.56. The van der Waals surface area contributed by atoms with Crippen LogP contribution in [0.15, 0.2) is 61.2 Å². The molecule has 0 bridgehead atoms. The molecule has 0 saturated heterocycles. The van der Waals surface area contributed by atoms with Crippen LogP contribution in [-0.2, 0) is 11.3 Å². The van der Waals surface area contributed by atoms with Gasteiger partial charge in [0.25, 0.3) is 0 Å². The van der Waals surface area contributed by atoms with E-state index in [4.69, 9.17) is 4.74 Å². The summed E-state index contributed by atoms with van der Waals surface area (Å²) in [4.78, 5) is 15.4. The second kappa shape index (κ2) is 6.95. The van der Waals surface area contributed by atoms with E-state index in [9.17, 15) is 9.18 Å². The Morgan fingerprint density at radius 1 is 1.29 bits per heavy atom. The summed E-state index contributed by atoms with van der Waals surface area (Å²) >= 11 is 0. The monoisotopic (exact) mass is 325 g/mol. The summed E-state index contributed by atoms with van der Waals surface area (Å²) in [7, 11) is 1.34. The summed E-state index contributed by atoms with van der Waals surface area (Å²) < 4.78 is 20.5. The molecule has 0 fully saturated rings. The van der Waals surface area contributed by atoms with Crippen molar-refractivity contribution in [1.29, 1.82) is 0 Å². The lowest BCUT2D eigenvalue weighted by Gasteiger charge is -2.10. The normalized spacial score (nSPS) is 10.4. The highest BCUT2D eigenvalue weighted by atomic mass is 19.1. The third-order valence-corrected chi connectivity index (χ3v) is 3.57. The molecule has 0 unspecified atom stereocenters. The average Bonchev–Trinajstić information content (AvgIpc) is 3.14. The summed E-state index contributed by atoms with van der Waals surface area (Å²) in [6.45, 7) is 0.436. The van der Waals surface area contributed by atoms with E-state index in [1.165, 1.54) is 13.2 Å². The summed E-state index contributed by atoms with van der Waals surface area (Å²) in [6.07, 6.45) is 4.84. The quantitative estimate of drug-likeness (QED) is 0.730. The highest BCUT2D eigenvalue weighted by Gasteiger charge is 2.07. The standard InChI is InChI=1S/C18H16FN3O2/c1-24-18(23)14-3-2-4-15(10-14)21-11-13-5-6-17(16(19)9-13)22-8-7-20-12-22/h2-10,12,21H,11H2,1H3. The van der Waals surface area contributed by atoms with E-state index in [2.05, 4.69) is 10.3 Å². The van der Waals surface area contributed by atoms with Gasteiger partial charge in [-0.3, -0.25) is 0 Å². The molecule has 5 nitrogen and oxygen atoms in total. The van der Waals surface area contributed by atoms with Gasteiger partial charge in [0.1, 0.15) is 5.82 Å². The number of benzene rings is 2. The highest BCUT2D eigenvalue weighted by Crippen LogP contribution is 2.17. The van der Waals surface area contributed by atoms with Crippen molar-refractivity contribution in [3.8, 4) is 5.69 Å². The zero-order chi connectivity index (χ0) is 16.9. The van der Waals surface area contributed by atoms with Gasteiger partial charge in [0, 0.05) is 24.6 Å². The number of methoxy groups -OCH3 is 1. The molecule has 0 saturated carbocycles. The van der Waals surface area contributed by atoms with E-state index in [0.29, 0.717) is 17.8 Å². The molecule has 0 aliphatic heterocycles. The van der Waals surface area contributed by atoms with Gasteiger partial charge < -0.3 is 14.6 Å². The van der Waals surface area contributed by atoms with Crippen LogP contribution in [0.1, 0.15) is 15.9 Å². The van der Waals surface area contributed by atoms with Gasteiger partial charge in [-0.15, -0.1) is 0 Å². The molecule has 0 spiro atoms. The fraction of sp³-hybridized carbons (Fsp3) is 0.111. The van der Waals surface area contributed by atoms with E-state index in [1.54, 1.807) is 47.6 Å². The van der Waals surface area contributed by atoms with Gasteiger partial charge in [-0.05, 0) is 35.9 Å². The number of aromatic nitrogens is 2. The van der Waals surface area contributed by atoms with Crippen molar-refractivity contribution in [2.24, 2.45) is 0 Å². The molecule has 0 amide bonds. The third-order valence-electron chi connectivity index (χ3n) is 3.57. The molecule has 0 radical (unpaired) electrons. The molecule has 3 aromatic rings. The first kappa shape index (κ1) is 15.7. The largest absolute Gasteiger partial charge is 0.465 e. The van der Waals surface area contributed by atoms with Gasteiger partial charge in [0.2, 0.25) is 0 Å². The van der Waals surface area contributed by atoms with Crippen LogP contribution in [0.2, 0.25) is 0 Å². The van der Waals surface area contributed by atoms with Crippen LogP contribution in [0.3, 0.4) is 0 Å². The zero-order valence-corrected chi connectivity index (χ0v) is 13.1. The SMILES string of the molecule is COC(=O)c1cccc(NCc2ccc(-n3ccnc3)c(F)c2)c1. The lowest BCUT2D eigenvalue weighted by molar-refractivity contribution is 0.0601. The van der Waals surface area contributed by atoms with Gasteiger partial charge in [0.05, 0.1) is 24.7 Å². The topological polar surface area (TPSA) is 56.1 Å². The van der Waals surface area contributed by atoms with Gasteiger partial charge >= 0.3 is 5.97 Å². The zero-order valence-electron chi connectivity index (χ0n) is 13.1. The maximum atomic E-state index is 14.2. The van der Waals surface area contributed by atoms with Crippen LogP contribution >= 0.6 is 0 Å². The van der Waals surface area contributed by atoms with Crippen molar-refractivity contribution >= 4 is 11.7 Å². The summed E-state index contributed by atoms with van der Waals surface area (Å²) in [5.41, 5.74) is 2.46. The van der Waals surface area contributed by atoms with Crippen LogP contribution in [-0.4, -0.2) is 22.6 Å². The number of esters is 1. The number of carbonyl (C=O) groups excluding carboxylic acids is 1. The summed E-state index contributed by atoms with van der Waals surface area (Å²) in [6, 6.07) is 12.0. The Balaban J connectivity index is 1.71. The molecule has 2 aromatic carbocycles. The number of hydrogen-bond donors (Lipinski definition) is 1. The minimum absolute atomic E-state index is 0.324. The van der Waals surface area contributed by atoms with Crippen molar-refractivity contribution in [3.05, 3.63) is 78.1 Å². The molecular weight excluding hydrogens is 309 g/mol. The molecule has 1 aromatic heterocycles. The molecule has 122 valence electrons. The van der Waals surface area contributed by atoms with Gasteiger partial charge in [0.15, 0.2) is 0 Å². The Bertz CT molecular complexity index is 847. The Labute approximate surface area is 138 Å². The maximum Gasteiger partial charge on any atom is 0.337 e. The Hall–Kier alpha value is -3.15. The van der Waals surface area contributed by atoms with Crippen LogP contribution in [0, 0.1) is 5.82 Å². The number of imidazole rings is 1. The number of nitrogens with one attached hydrogen (secondary N) is 1. The second-order valence-electron chi connectivity index (χ2n) is 5.18. The number of hydrogen-bond acceptors (Lipinski definition) is 4. The predicted molar refractivity (Wildman–Crippen MR) is 88.6 cm³/mol. The molecule has 24 heavy (non-hydrogen) atoms. The van der Waals surface area contributed by atoms with Crippen molar-refractivity contribution in [2.75, 3.05) is 12.4 Å². The number of anilines is 1. The van der Waals surface area contributed by atoms with E-state index in [-0.39, 0.29) is 5.82 Å². The van der Waals surface area contributed by atoms with Gasteiger partial charge in [-0.25, -0.2) is 14.2 Å². The fourth-order valence-corrected chi connectivity index (χ4v) is 2.35. The Morgan fingerprint density at radius 2 is 2.17 bits per heavy atom. The molecule has 0 atom stereocenters. The third kappa shape index (κ3) is 3.43. The van der Waals surface area contributed by atoms with Gasteiger partial charge in [-0.2, -0.15) is 0 Å². The van der Waals surface area contributed by atoms with Crippen molar-refractivity contribution in [1.82, 2.24) is 9.55 Å². The molecule has 0 aliphatic rings. The number of ether oxygens (including phenoxy) is 1. The lowest BCUT2D eigenvalue weighted by Crippen LogP contribution is -2.04. The first-order chi connectivity index (χ1) is 11.7. The maximum absolute atomic E-state index is 14.2. The molecule has 0 aliphatic carbocycles. The first-order valence-electron chi connectivity index (χ1n) is 7.36. The number of halogens is 1. The molecule has 6 heteroatoms. The van der Waals surface area contributed by atoms with Crippen LogP contribution in [0.4, 0.5) is 10.1 Å². The lowest BCUT2D eigenvalue weighted by atomic mass is 10.1. The number of rotatable bonds is 5. The molecule has 1 heterocycles. The fourth-order valence-electron chi connectivity index (χ4n) is 2.35. The number of nitrogens with zero attached hydrogens (tertiary/aromatic N) is 2. The first-order valence-corrected chi connectivity index (χ1v) is 7.36. The van der Waals surface area contributed by atoms with E-state index < -0.39 is 5.97 Å². The van der Waals surface area contributed by atoms with Gasteiger partial charge in [-0.1, -0.05) is 12.1 Å². The van der Waals surface area contributed by atoms with Crippen LogP contribution < -0.4 is 5.32 Å². The minimum atomic E-state index is -0.394. The highest BCUT2D eigenvalue weighted by molar-refractivity contribution is 5.90. The number of carbonyl (C=O) groups is 1. The molecular formula is C18H16FN3O2. The second-order valence-corrected chi connectivity index (χ2v) is 5.18. The molecule has 1 N–H and O–H groups in total. The Morgan fingerprint density at radius 3 is 2.88 bits per heavy atom. The van der Waals surface area contributed by atoms with E-state index >= 15 is 0 Å². The van der Waals surface area contributed by atoms with Crippen molar-refractivity contribution < 1.29 is 13.9 Å². The summed E-state index contributed by atoms with van der Waals surface area (Å²) in [5.74, 6) is -0.718. The predicted octanol–water partition coefficient (Wildman–Crippen LogP) is 3.41. The van der Waals surface area contributed by atoms with E-state index in [1.807, 2.05) is 12.1 Å². The van der Waals surface area contributed by atoms with Crippen LogP contribution in [0.25, 0.3) is 5.69 Å². The average molecular weight is 325 g/mol. The minimum Gasteiger partial charge on any atom is -0.465 e. The van der Waals surface area contributed by atoms with Crippen molar-refractivity contribution in [3.63, 3.8) is 0 Å². The molecule has 3 rings (SSSR count). The van der Waals surface area contributed by atoms with Crippen molar-refractivity contribution in [2.45, 2.75) is 6.54 Å².